The summed E-state index contributed by atoms with van der Waals surface area (Å²) < 4.78 is 5.62. The molecule has 0 spiro atoms. The van der Waals surface area contributed by atoms with Crippen LogP contribution >= 0.6 is 0 Å². The SMILES string of the molecule is CC1=C2C(/C=C(\C)C(=O)O[Si](C)(C)C)CCC(C)C2CC1. The number of fused-ring (bicyclic) bond motifs is 1. The van der Waals surface area contributed by atoms with Crippen molar-refractivity contribution < 1.29 is 9.22 Å². The number of hydrogen-bond donors (Lipinski definition) is 0. The van der Waals surface area contributed by atoms with Gasteiger partial charge in [-0.05, 0) is 76.9 Å². The third-order valence-corrected chi connectivity index (χ3v) is 5.71. The average molecular weight is 307 g/mol. The van der Waals surface area contributed by atoms with E-state index in [4.69, 9.17) is 4.43 Å². The molecule has 3 heteroatoms. The molecular weight excluding hydrogens is 276 g/mol. The molecule has 3 unspecified atom stereocenters. The van der Waals surface area contributed by atoms with Gasteiger partial charge < -0.3 is 4.43 Å². The highest BCUT2D eigenvalue weighted by Gasteiger charge is 2.36. The Kier molecular flexibility index (Phi) is 4.81. The van der Waals surface area contributed by atoms with Gasteiger partial charge >= 0.3 is 5.97 Å². The first-order valence-electron chi connectivity index (χ1n) is 8.30. The summed E-state index contributed by atoms with van der Waals surface area (Å²) in [6, 6.07) is 0. The van der Waals surface area contributed by atoms with Gasteiger partial charge in [0.15, 0.2) is 0 Å². The summed E-state index contributed by atoms with van der Waals surface area (Å²) in [5, 5.41) is 0. The van der Waals surface area contributed by atoms with Gasteiger partial charge in [0, 0.05) is 5.57 Å². The largest absolute Gasteiger partial charge is 0.517 e. The second-order valence-corrected chi connectivity index (χ2v) is 12.3. The van der Waals surface area contributed by atoms with Gasteiger partial charge in [-0.1, -0.05) is 24.1 Å². The van der Waals surface area contributed by atoms with Gasteiger partial charge in [0.05, 0.1) is 0 Å². The molecule has 0 radical (unpaired) electrons. The lowest BCUT2D eigenvalue weighted by atomic mass is 9.71. The third-order valence-electron chi connectivity index (χ3n) is 4.91. The van der Waals surface area contributed by atoms with Crippen molar-refractivity contribution in [2.45, 2.75) is 66.1 Å². The van der Waals surface area contributed by atoms with Crippen molar-refractivity contribution in [1.29, 1.82) is 0 Å². The molecule has 0 amide bonds. The first-order valence-corrected chi connectivity index (χ1v) is 11.7. The fraction of sp³-hybridized carbons (Fsp3) is 0.722. The topological polar surface area (TPSA) is 26.3 Å². The molecule has 0 aromatic rings. The van der Waals surface area contributed by atoms with Crippen molar-refractivity contribution >= 4 is 14.3 Å². The smallest absolute Gasteiger partial charge is 0.320 e. The lowest BCUT2D eigenvalue weighted by Gasteiger charge is -2.34. The maximum Gasteiger partial charge on any atom is 0.320 e. The Balaban J connectivity index is 2.16. The molecule has 0 aromatic heterocycles. The summed E-state index contributed by atoms with van der Waals surface area (Å²) in [7, 11) is -1.80. The molecule has 118 valence electrons. The molecule has 21 heavy (non-hydrogen) atoms. The first kappa shape index (κ1) is 16.5. The minimum atomic E-state index is -1.80. The van der Waals surface area contributed by atoms with Gasteiger partial charge in [0.25, 0.3) is 0 Å². The van der Waals surface area contributed by atoms with E-state index in [1.54, 1.807) is 11.1 Å². The van der Waals surface area contributed by atoms with Crippen LogP contribution in [0, 0.1) is 17.8 Å². The monoisotopic (exact) mass is 306 g/mol. The molecule has 1 saturated carbocycles. The van der Waals surface area contributed by atoms with Crippen LogP contribution < -0.4 is 0 Å². The van der Waals surface area contributed by atoms with E-state index in [1.807, 2.05) is 6.92 Å². The zero-order chi connectivity index (χ0) is 15.8. The van der Waals surface area contributed by atoms with E-state index in [-0.39, 0.29) is 5.97 Å². The molecule has 0 bridgehead atoms. The summed E-state index contributed by atoms with van der Waals surface area (Å²) in [5.74, 6) is 1.90. The van der Waals surface area contributed by atoms with Gasteiger partial charge in [0.2, 0.25) is 8.32 Å². The maximum atomic E-state index is 12.2. The molecule has 2 aliphatic carbocycles. The van der Waals surface area contributed by atoms with Crippen LogP contribution in [0.2, 0.25) is 19.6 Å². The zero-order valence-electron chi connectivity index (χ0n) is 14.5. The van der Waals surface area contributed by atoms with Crippen molar-refractivity contribution in [2.75, 3.05) is 0 Å². The Morgan fingerprint density at radius 2 is 1.90 bits per heavy atom. The maximum absolute atomic E-state index is 12.2. The molecule has 0 aliphatic heterocycles. The predicted molar refractivity (Wildman–Crippen MR) is 90.5 cm³/mol. The molecule has 1 fully saturated rings. The van der Waals surface area contributed by atoms with Gasteiger partial charge in [0.1, 0.15) is 0 Å². The van der Waals surface area contributed by atoms with Gasteiger partial charge in [-0.15, -0.1) is 0 Å². The second-order valence-electron chi connectivity index (χ2n) is 7.89. The number of rotatable bonds is 3. The van der Waals surface area contributed by atoms with Crippen LogP contribution in [0.3, 0.4) is 0 Å². The van der Waals surface area contributed by atoms with Crippen molar-refractivity contribution in [3.63, 3.8) is 0 Å². The summed E-state index contributed by atoms with van der Waals surface area (Å²) in [4.78, 5) is 12.2. The lowest BCUT2D eigenvalue weighted by Crippen LogP contribution is -2.30. The second kappa shape index (κ2) is 6.11. The highest BCUT2D eigenvalue weighted by molar-refractivity contribution is 6.71. The van der Waals surface area contributed by atoms with Crippen molar-refractivity contribution in [1.82, 2.24) is 0 Å². The molecular formula is C18H30O2Si. The highest BCUT2D eigenvalue weighted by atomic mass is 28.4. The van der Waals surface area contributed by atoms with E-state index in [1.165, 1.54) is 25.7 Å². The molecule has 2 nitrogen and oxygen atoms in total. The lowest BCUT2D eigenvalue weighted by molar-refractivity contribution is -0.130. The van der Waals surface area contributed by atoms with Crippen LogP contribution in [0.4, 0.5) is 0 Å². The van der Waals surface area contributed by atoms with Crippen molar-refractivity contribution in [3.8, 4) is 0 Å². The fourth-order valence-corrected chi connectivity index (χ4v) is 4.59. The van der Waals surface area contributed by atoms with Crippen LogP contribution in [0.25, 0.3) is 0 Å². The predicted octanol–water partition coefficient (Wildman–Crippen LogP) is 5.08. The fourth-order valence-electron chi connectivity index (χ4n) is 3.87. The van der Waals surface area contributed by atoms with Crippen LogP contribution in [0.1, 0.15) is 46.5 Å². The van der Waals surface area contributed by atoms with E-state index >= 15 is 0 Å². The summed E-state index contributed by atoms with van der Waals surface area (Å²) in [6.07, 6.45) is 7.20. The minimum Gasteiger partial charge on any atom is -0.517 e. The molecule has 3 atom stereocenters. The molecule has 0 heterocycles. The zero-order valence-corrected chi connectivity index (χ0v) is 15.5. The Bertz CT molecular complexity index is 482. The van der Waals surface area contributed by atoms with Crippen molar-refractivity contribution in [2.24, 2.45) is 17.8 Å². The summed E-state index contributed by atoms with van der Waals surface area (Å²) in [5.41, 5.74) is 4.00. The summed E-state index contributed by atoms with van der Waals surface area (Å²) >= 11 is 0. The first-order chi connectivity index (χ1) is 9.69. The average Bonchev–Trinajstić information content (AvgIpc) is 2.74. The molecule has 0 aromatic carbocycles. The molecule has 2 aliphatic rings. The van der Waals surface area contributed by atoms with E-state index in [2.05, 4.69) is 39.6 Å². The Morgan fingerprint density at radius 3 is 2.52 bits per heavy atom. The minimum absolute atomic E-state index is 0.111. The Morgan fingerprint density at radius 1 is 1.24 bits per heavy atom. The van der Waals surface area contributed by atoms with E-state index in [0.717, 1.165) is 17.4 Å². The number of carbonyl (C=O) groups is 1. The third kappa shape index (κ3) is 3.88. The Labute approximate surface area is 130 Å². The van der Waals surface area contributed by atoms with E-state index < -0.39 is 8.32 Å². The Hall–Kier alpha value is -0.833. The van der Waals surface area contributed by atoms with Gasteiger partial charge in [-0.2, -0.15) is 0 Å². The van der Waals surface area contributed by atoms with Crippen LogP contribution in [0.5, 0.6) is 0 Å². The standard InChI is InChI=1S/C18H30O2Si/c1-12-7-9-15(17-13(2)8-10-16(12)17)11-14(3)18(19)20-21(4,5)6/h11-12,15-16H,7-10H2,1-6H3/b14-11+. The molecule has 0 N–H and O–H groups in total. The molecule has 2 rings (SSSR count). The molecule has 0 saturated heterocycles. The number of allylic oxidation sites excluding steroid dienone is 3. The van der Waals surface area contributed by atoms with Crippen LogP contribution in [-0.2, 0) is 9.22 Å². The van der Waals surface area contributed by atoms with E-state index in [0.29, 0.717) is 5.92 Å². The van der Waals surface area contributed by atoms with Crippen molar-refractivity contribution in [3.05, 3.63) is 22.8 Å². The van der Waals surface area contributed by atoms with E-state index in [9.17, 15) is 4.79 Å². The van der Waals surface area contributed by atoms with Gasteiger partial charge in [-0.25, -0.2) is 4.79 Å². The van der Waals surface area contributed by atoms with Crippen LogP contribution in [0.15, 0.2) is 22.8 Å². The van der Waals surface area contributed by atoms with Gasteiger partial charge in [-0.3, -0.25) is 0 Å². The van der Waals surface area contributed by atoms with Crippen LogP contribution in [-0.4, -0.2) is 14.3 Å². The quantitative estimate of drug-likeness (QED) is 0.413. The summed E-state index contributed by atoms with van der Waals surface area (Å²) in [6.45, 7) is 12.8. The number of carbonyl (C=O) groups excluding carboxylic acids is 1. The normalized spacial score (nSPS) is 30.4. The number of hydrogen-bond acceptors (Lipinski definition) is 2. The highest BCUT2D eigenvalue weighted by Crippen LogP contribution is 2.48.